The smallest absolute Gasteiger partial charge is 0.305 e. The number of aromatic nitrogens is 2. The summed E-state index contributed by atoms with van der Waals surface area (Å²) in [6.45, 7) is 2.55. The zero-order valence-corrected chi connectivity index (χ0v) is 18.3. The van der Waals surface area contributed by atoms with E-state index in [9.17, 15) is 9.00 Å². The van der Waals surface area contributed by atoms with Crippen molar-refractivity contribution in [2.75, 3.05) is 13.7 Å². The van der Waals surface area contributed by atoms with Crippen molar-refractivity contribution in [2.24, 2.45) is 0 Å². The van der Waals surface area contributed by atoms with Crippen LogP contribution in [0.4, 0.5) is 0 Å². The van der Waals surface area contributed by atoms with Gasteiger partial charge < -0.3 is 9.47 Å². The number of carbonyl (C=O) groups is 1. The molecular weight excluding hydrogens is 400 g/mol. The number of imidazole rings is 1. The van der Waals surface area contributed by atoms with Crippen molar-refractivity contribution < 1.29 is 18.5 Å². The van der Waals surface area contributed by atoms with Gasteiger partial charge in [-0.15, -0.1) is 0 Å². The summed E-state index contributed by atoms with van der Waals surface area (Å²) in [7, 11) is 0.163. The predicted octanol–water partition coefficient (Wildman–Crippen LogP) is 4.29. The molecule has 0 bridgehead atoms. The Kier molecular flexibility index (Phi) is 8.02. The second-order valence-electron chi connectivity index (χ2n) is 7.23. The Morgan fingerprint density at radius 3 is 2.70 bits per heavy atom. The van der Waals surface area contributed by atoms with Crippen molar-refractivity contribution in [3.63, 3.8) is 0 Å². The lowest BCUT2D eigenvalue weighted by molar-refractivity contribution is -0.140. The predicted molar refractivity (Wildman–Crippen MR) is 119 cm³/mol. The van der Waals surface area contributed by atoms with E-state index < -0.39 is 11.0 Å². The van der Waals surface area contributed by atoms with E-state index >= 15 is 0 Å². The van der Waals surface area contributed by atoms with Gasteiger partial charge in [0.2, 0.25) is 0 Å². The van der Waals surface area contributed by atoms with Crippen LogP contribution in [0.15, 0.2) is 54.9 Å². The number of hydrogen-bond donors (Lipinski definition) is 0. The van der Waals surface area contributed by atoms with Crippen molar-refractivity contribution in [1.82, 2.24) is 8.96 Å². The fourth-order valence-corrected chi connectivity index (χ4v) is 4.45. The number of benzene rings is 2. The molecule has 6 nitrogen and oxygen atoms in total. The summed E-state index contributed by atoms with van der Waals surface area (Å²) in [5.74, 6) is 0.550. The SMILES string of the molecule is COC(=O)CCCCCOc1ccc2ncn(S(=O)C(C)Cc3ccccc3)c2c1. The number of nitrogens with zero attached hydrogens (tertiary/aromatic N) is 2. The lowest BCUT2D eigenvalue weighted by atomic mass is 10.1. The third kappa shape index (κ3) is 5.92. The summed E-state index contributed by atoms with van der Waals surface area (Å²) in [5.41, 5.74) is 2.76. The highest BCUT2D eigenvalue weighted by molar-refractivity contribution is 7.84. The van der Waals surface area contributed by atoms with Crippen LogP contribution < -0.4 is 4.74 Å². The molecule has 1 heterocycles. The molecule has 0 aliphatic rings. The maximum absolute atomic E-state index is 13.1. The Morgan fingerprint density at radius 1 is 1.13 bits per heavy atom. The van der Waals surface area contributed by atoms with Crippen LogP contribution in [0.3, 0.4) is 0 Å². The molecule has 0 saturated carbocycles. The van der Waals surface area contributed by atoms with Crippen molar-refractivity contribution in [3.8, 4) is 5.75 Å². The summed E-state index contributed by atoms with van der Waals surface area (Å²) in [6, 6.07) is 15.7. The zero-order chi connectivity index (χ0) is 21.3. The van der Waals surface area contributed by atoms with E-state index in [4.69, 9.17) is 4.74 Å². The second kappa shape index (κ2) is 10.9. The molecular formula is C23H28N2O4S. The topological polar surface area (TPSA) is 70.4 Å². The molecule has 160 valence electrons. The van der Waals surface area contributed by atoms with Crippen molar-refractivity contribution in [2.45, 2.75) is 44.3 Å². The fourth-order valence-electron chi connectivity index (χ4n) is 3.25. The van der Waals surface area contributed by atoms with E-state index in [0.29, 0.717) is 13.0 Å². The average molecular weight is 429 g/mol. The van der Waals surface area contributed by atoms with Crippen LogP contribution in [0.5, 0.6) is 5.75 Å². The van der Waals surface area contributed by atoms with Gasteiger partial charge >= 0.3 is 5.97 Å². The van der Waals surface area contributed by atoms with E-state index in [1.54, 1.807) is 10.3 Å². The second-order valence-corrected chi connectivity index (χ2v) is 8.98. The summed E-state index contributed by atoms with van der Waals surface area (Å²) < 4.78 is 25.3. The van der Waals surface area contributed by atoms with E-state index in [-0.39, 0.29) is 11.2 Å². The number of fused-ring (bicyclic) bond motifs is 1. The molecule has 30 heavy (non-hydrogen) atoms. The number of methoxy groups -OCH3 is 1. The van der Waals surface area contributed by atoms with Gasteiger partial charge in [-0.25, -0.2) is 13.2 Å². The molecule has 0 radical (unpaired) electrons. The van der Waals surface area contributed by atoms with E-state index in [1.165, 1.54) is 12.7 Å². The van der Waals surface area contributed by atoms with E-state index in [1.807, 2.05) is 43.3 Å². The quantitative estimate of drug-likeness (QED) is 0.337. The standard InChI is InChI=1S/C23H28N2O4S/c1-18(15-19-9-5-3-6-10-19)30(27)25-17-24-21-13-12-20(16-22(21)25)29-14-8-4-7-11-23(26)28-2/h3,5-6,9-10,12-13,16-18H,4,7-8,11,14-15H2,1-2H3. The maximum atomic E-state index is 13.1. The van der Waals surface area contributed by atoms with Gasteiger partial charge in [-0.2, -0.15) is 0 Å². The first-order valence-corrected chi connectivity index (χ1v) is 11.4. The lowest BCUT2D eigenvalue weighted by Crippen LogP contribution is -2.19. The maximum Gasteiger partial charge on any atom is 0.305 e. The minimum atomic E-state index is -1.24. The zero-order valence-electron chi connectivity index (χ0n) is 17.5. The van der Waals surface area contributed by atoms with Gasteiger partial charge in [0, 0.05) is 12.5 Å². The van der Waals surface area contributed by atoms with Gasteiger partial charge in [0.05, 0.1) is 30.0 Å². The Balaban J connectivity index is 1.59. The molecule has 2 aromatic carbocycles. The van der Waals surface area contributed by atoms with Gasteiger partial charge in [0.25, 0.3) is 0 Å². The molecule has 3 aromatic rings. The molecule has 0 N–H and O–H groups in total. The molecule has 0 aliphatic heterocycles. The van der Waals surface area contributed by atoms with Crippen LogP contribution in [-0.4, -0.2) is 38.1 Å². The molecule has 0 fully saturated rings. The van der Waals surface area contributed by atoms with Crippen molar-refractivity contribution in [3.05, 3.63) is 60.4 Å². The summed E-state index contributed by atoms with van der Waals surface area (Å²) in [4.78, 5) is 15.5. The van der Waals surface area contributed by atoms with Gasteiger partial charge in [0.15, 0.2) is 0 Å². The molecule has 0 amide bonds. The Hall–Kier alpha value is -2.67. The van der Waals surface area contributed by atoms with Crippen LogP contribution in [0, 0.1) is 0 Å². The normalized spacial score (nSPS) is 13.1. The number of rotatable bonds is 11. The third-order valence-electron chi connectivity index (χ3n) is 4.91. The van der Waals surface area contributed by atoms with Crippen molar-refractivity contribution >= 4 is 28.0 Å². The number of carbonyl (C=O) groups excluding carboxylic acids is 1. The van der Waals surface area contributed by atoms with E-state index in [2.05, 4.69) is 21.9 Å². The number of ether oxygens (including phenoxy) is 2. The monoisotopic (exact) mass is 428 g/mol. The first-order chi connectivity index (χ1) is 14.6. The Morgan fingerprint density at radius 2 is 1.93 bits per heavy atom. The van der Waals surface area contributed by atoms with Crippen molar-refractivity contribution in [1.29, 1.82) is 0 Å². The number of esters is 1. The summed E-state index contributed by atoms with van der Waals surface area (Å²) in [6.07, 6.45) is 5.35. The van der Waals surface area contributed by atoms with Crippen LogP contribution in [-0.2, 0) is 26.9 Å². The summed E-state index contributed by atoms with van der Waals surface area (Å²) in [5, 5.41) is -0.0517. The number of unbranched alkanes of at least 4 members (excludes halogenated alkanes) is 2. The Labute approximate surface area is 179 Å². The molecule has 0 spiro atoms. The lowest BCUT2D eigenvalue weighted by Gasteiger charge is -2.13. The van der Waals surface area contributed by atoms with Gasteiger partial charge in [-0.3, -0.25) is 4.79 Å². The molecule has 2 unspecified atom stereocenters. The number of hydrogen-bond acceptors (Lipinski definition) is 5. The average Bonchev–Trinajstić information content (AvgIpc) is 3.19. The van der Waals surface area contributed by atoms with Gasteiger partial charge in [0.1, 0.15) is 23.1 Å². The van der Waals surface area contributed by atoms with Crippen LogP contribution in [0.25, 0.3) is 11.0 Å². The summed E-state index contributed by atoms with van der Waals surface area (Å²) >= 11 is 0. The third-order valence-corrected chi connectivity index (χ3v) is 6.45. The largest absolute Gasteiger partial charge is 0.494 e. The van der Waals surface area contributed by atoms with Crippen LogP contribution >= 0.6 is 0 Å². The molecule has 0 aliphatic carbocycles. The molecule has 2 atom stereocenters. The molecule has 0 saturated heterocycles. The minimum Gasteiger partial charge on any atom is -0.494 e. The minimum absolute atomic E-state index is 0.0517. The fraction of sp³-hybridized carbons (Fsp3) is 0.391. The van der Waals surface area contributed by atoms with Crippen LogP contribution in [0.2, 0.25) is 0 Å². The highest BCUT2D eigenvalue weighted by Crippen LogP contribution is 2.22. The highest BCUT2D eigenvalue weighted by atomic mass is 32.2. The van der Waals surface area contributed by atoms with E-state index in [0.717, 1.165) is 42.5 Å². The van der Waals surface area contributed by atoms with Crippen LogP contribution in [0.1, 0.15) is 38.2 Å². The van der Waals surface area contributed by atoms with Gasteiger partial charge in [-0.1, -0.05) is 30.3 Å². The molecule has 3 rings (SSSR count). The first-order valence-electron chi connectivity index (χ1n) is 10.2. The Bertz CT molecular complexity index is 987. The molecule has 1 aromatic heterocycles. The highest BCUT2D eigenvalue weighted by Gasteiger charge is 2.17. The molecule has 7 heteroatoms. The first kappa shape index (κ1) is 22.0. The van der Waals surface area contributed by atoms with Gasteiger partial charge in [-0.05, 0) is 50.3 Å².